The van der Waals surface area contributed by atoms with E-state index in [-0.39, 0.29) is 17.2 Å². The summed E-state index contributed by atoms with van der Waals surface area (Å²) in [7, 11) is 1.78. The minimum Gasteiger partial charge on any atom is -0.507 e. The van der Waals surface area contributed by atoms with Gasteiger partial charge in [0.05, 0.1) is 4.47 Å². The summed E-state index contributed by atoms with van der Waals surface area (Å²) >= 11 is 3.19. The number of hydrogen-bond donors (Lipinski definition) is 1. The molecule has 1 rings (SSSR count). The van der Waals surface area contributed by atoms with E-state index >= 15 is 0 Å². The quantitative estimate of drug-likeness (QED) is 0.929. The van der Waals surface area contributed by atoms with E-state index < -0.39 is 0 Å². The lowest BCUT2D eigenvalue weighted by molar-refractivity contribution is 0.0620. The third kappa shape index (κ3) is 3.00. The topological polar surface area (TPSA) is 40.5 Å². The van der Waals surface area contributed by atoms with Crippen molar-refractivity contribution in [2.45, 2.75) is 32.7 Å². The molecule has 1 amide bonds. The van der Waals surface area contributed by atoms with Crippen LogP contribution in [0.5, 0.6) is 5.75 Å². The van der Waals surface area contributed by atoms with Crippen molar-refractivity contribution >= 4 is 21.8 Å². The van der Waals surface area contributed by atoms with Crippen molar-refractivity contribution in [3.8, 4) is 5.75 Å². The summed E-state index contributed by atoms with van der Waals surface area (Å²) in [5.74, 6) is -0.00166. The van der Waals surface area contributed by atoms with Crippen molar-refractivity contribution in [3.63, 3.8) is 0 Å². The number of rotatable bonds is 3. The van der Waals surface area contributed by atoms with Crippen molar-refractivity contribution in [2.24, 2.45) is 0 Å². The summed E-state index contributed by atoms with van der Waals surface area (Å²) in [5, 5.41) is 9.57. The van der Waals surface area contributed by atoms with Gasteiger partial charge in [0.25, 0.3) is 5.91 Å². The molecule has 0 saturated carbocycles. The molecule has 0 aliphatic carbocycles. The number of phenolic OH excluding ortho intramolecular Hbond substituents is 1. The molecule has 17 heavy (non-hydrogen) atoms. The number of phenols is 1. The molecule has 4 heteroatoms. The van der Waals surface area contributed by atoms with Gasteiger partial charge in [0.15, 0.2) is 0 Å². The van der Waals surface area contributed by atoms with Crippen LogP contribution in [0.4, 0.5) is 0 Å². The molecule has 0 atom stereocenters. The Balaban J connectivity index is 3.01. The summed E-state index contributed by atoms with van der Waals surface area (Å²) in [4.78, 5) is 13.9. The molecule has 0 aliphatic heterocycles. The first-order valence-electron chi connectivity index (χ1n) is 5.56. The molecule has 0 saturated heterocycles. The molecule has 0 bridgehead atoms. The van der Waals surface area contributed by atoms with Gasteiger partial charge >= 0.3 is 0 Å². The van der Waals surface area contributed by atoms with Crippen molar-refractivity contribution in [1.29, 1.82) is 0 Å². The zero-order valence-corrected chi connectivity index (χ0v) is 12.2. The fourth-order valence-corrected chi connectivity index (χ4v) is 1.60. The average molecular weight is 300 g/mol. The first kappa shape index (κ1) is 14.0. The van der Waals surface area contributed by atoms with E-state index in [1.807, 2.05) is 20.8 Å². The third-order valence-corrected chi connectivity index (χ3v) is 3.94. The van der Waals surface area contributed by atoms with Gasteiger partial charge in [0.1, 0.15) is 5.75 Å². The number of nitrogens with zero attached hydrogens (tertiary/aromatic N) is 1. The van der Waals surface area contributed by atoms with Crippen LogP contribution in [0.2, 0.25) is 0 Å². The van der Waals surface area contributed by atoms with E-state index in [4.69, 9.17) is 0 Å². The maximum atomic E-state index is 12.2. The van der Waals surface area contributed by atoms with Gasteiger partial charge < -0.3 is 10.0 Å². The van der Waals surface area contributed by atoms with Gasteiger partial charge in [-0.3, -0.25) is 4.79 Å². The van der Waals surface area contributed by atoms with Crippen LogP contribution in [0, 0.1) is 0 Å². The number of halogens is 1. The Hall–Kier alpha value is -1.03. The van der Waals surface area contributed by atoms with Gasteiger partial charge in [0, 0.05) is 18.2 Å². The maximum absolute atomic E-state index is 12.2. The molecule has 0 spiro atoms. The average Bonchev–Trinajstić information content (AvgIpc) is 2.30. The fourth-order valence-electron chi connectivity index (χ4n) is 1.35. The van der Waals surface area contributed by atoms with Crippen LogP contribution in [0.15, 0.2) is 22.7 Å². The summed E-state index contributed by atoms with van der Waals surface area (Å²) in [6, 6.07) is 4.86. The molecule has 1 aromatic carbocycles. The highest BCUT2D eigenvalue weighted by Crippen LogP contribution is 2.26. The van der Waals surface area contributed by atoms with Crippen molar-refractivity contribution < 1.29 is 9.90 Å². The summed E-state index contributed by atoms with van der Waals surface area (Å²) in [6.45, 7) is 6.08. The van der Waals surface area contributed by atoms with E-state index in [1.54, 1.807) is 24.1 Å². The lowest BCUT2D eigenvalue weighted by Crippen LogP contribution is -2.44. The SMILES string of the molecule is CCC(C)(C)N(C)C(=O)c1ccc(Br)c(O)c1. The lowest BCUT2D eigenvalue weighted by Gasteiger charge is -2.35. The first-order chi connectivity index (χ1) is 7.79. The molecule has 0 heterocycles. The predicted octanol–water partition coefficient (Wildman–Crippen LogP) is 3.42. The standard InChI is InChI=1S/C13H18BrNO2/c1-5-13(2,3)15(4)12(17)9-6-7-10(14)11(16)8-9/h6-8,16H,5H2,1-4H3. The normalized spacial score (nSPS) is 11.4. The van der Waals surface area contributed by atoms with Gasteiger partial charge in [-0.25, -0.2) is 0 Å². The Labute approximate surface area is 111 Å². The van der Waals surface area contributed by atoms with Crippen molar-refractivity contribution in [1.82, 2.24) is 4.90 Å². The largest absolute Gasteiger partial charge is 0.507 e. The van der Waals surface area contributed by atoms with E-state index in [0.29, 0.717) is 10.0 Å². The Morgan fingerprint density at radius 2 is 2.06 bits per heavy atom. The van der Waals surface area contributed by atoms with Crippen LogP contribution in [-0.4, -0.2) is 28.5 Å². The molecule has 1 aromatic rings. The Bertz CT molecular complexity index is 429. The van der Waals surface area contributed by atoms with Crippen molar-refractivity contribution in [2.75, 3.05) is 7.05 Å². The van der Waals surface area contributed by atoms with E-state index in [9.17, 15) is 9.90 Å². The number of carbonyl (C=O) groups is 1. The highest BCUT2D eigenvalue weighted by Gasteiger charge is 2.26. The molecule has 1 N–H and O–H groups in total. The molecule has 0 unspecified atom stereocenters. The van der Waals surface area contributed by atoms with Crippen LogP contribution in [0.25, 0.3) is 0 Å². The minimum absolute atomic E-state index is 0.0820. The number of carbonyl (C=O) groups excluding carboxylic acids is 1. The molecular weight excluding hydrogens is 282 g/mol. The smallest absolute Gasteiger partial charge is 0.254 e. The molecule has 0 fully saturated rings. The fraction of sp³-hybridized carbons (Fsp3) is 0.462. The molecular formula is C13H18BrNO2. The van der Waals surface area contributed by atoms with Gasteiger partial charge in [-0.2, -0.15) is 0 Å². The molecule has 3 nitrogen and oxygen atoms in total. The van der Waals surface area contributed by atoms with E-state index in [0.717, 1.165) is 6.42 Å². The van der Waals surface area contributed by atoms with Gasteiger partial charge in [-0.05, 0) is 54.4 Å². The number of amides is 1. The molecule has 0 aliphatic rings. The Morgan fingerprint density at radius 3 is 2.53 bits per heavy atom. The van der Waals surface area contributed by atoms with Crippen LogP contribution >= 0.6 is 15.9 Å². The second-order valence-electron chi connectivity index (χ2n) is 4.70. The zero-order valence-electron chi connectivity index (χ0n) is 10.6. The monoisotopic (exact) mass is 299 g/mol. The molecule has 0 radical (unpaired) electrons. The second kappa shape index (κ2) is 5.08. The van der Waals surface area contributed by atoms with E-state index in [1.165, 1.54) is 6.07 Å². The molecule has 94 valence electrons. The Morgan fingerprint density at radius 1 is 1.47 bits per heavy atom. The lowest BCUT2D eigenvalue weighted by atomic mass is 9.99. The van der Waals surface area contributed by atoms with Gasteiger partial charge in [0.2, 0.25) is 0 Å². The summed E-state index contributed by atoms with van der Waals surface area (Å²) in [6.07, 6.45) is 0.873. The van der Waals surface area contributed by atoms with Gasteiger partial charge in [-0.1, -0.05) is 6.92 Å². The predicted molar refractivity (Wildman–Crippen MR) is 72.3 cm³/mol. The summed E-state index contributed by atoms with van der Waals surface area (Å²) < 4.78 is 0.589. The van der Waals surface area contributed by atoms with Crippen LogP contribution < -0.4 is 0 Å². The number of hydrogen-bond acceptors (Lipinski definition) is 2. The minimum atomic E-state index is -0.195. The van der Waals surface area contributed by atoms with Crippen molar-refractivity contribution in [3.05, 3.63) is 28.2 Å². The number of aromatic hydroxyl groups is 1. The molecule has 0 aromatic heterocycles. The van der Waals surface area contributed by atoms with Crippen LogP contribution in [-0.2, 0) is 0 Å². The number of benzene rings is 1. The third-order valence-electron chi connectivity index (χ3n) is 3.27. The first-order valence-corrected chi connectivity index (χ1v) is 6.35. The highest BCUT2D eigenvalue weighted by molar-refractivity contribution is 9.10. The Kier molecular flexibility index (Phi) is 4.20. The van der Waals surface area contributed by atoms with Crippen LogP contribution in [0.3, 0.4) is 0 Å². The maximum Gasteiger partial charge on any atom is 0.254 e. The highest BCUT2D eigenvalue weighted by atomic mass is 79.9. The summed E-state index contributed by atoms with van der Waals surface area (Å²) in [5.41, 5.74) is 0.300. The second-order valence-corrected chi connectivity index (χ2v) is 5.55. The van der Waals surface area contributed by atoms with Crippen LogP contribution in [0.1, 0.15) is 37.6 Å². The zero-order chi connectivity index (χ0) is 13.2. The van der Waals surface area contributed by atoms with E-state index in [2.05, 4.69) is 15.9 Å². The van der Waals surface area contributed by atoms with Gasteiger partial charge in [-0.15, -0.1) is 0 Å².